The normalized spacial score (nSPS) is 18.1. The highest BCUT2D eigenvalue weighted by Gasteiger charge is 2.27. The van der Waals surface area contributed by atoms with Gasteiger partial charge in [-0.1, -0.05) is 18.3 Å². The lowest BCUT2D eigenvalue weighted by Gasteiger charge is -2.42. The molecule has 1 fully saturated rings. The third-order valence-electron chi connectivity index (χ3n) is 3.74. The molecule has 1 aliphatic rings. The number of nitrogens with zero attached hydrogens (tertiary/aromatic N) is 3. The van der Waals surface area contributed by atoms with Gasteiger partial charge < -0.3 is 10.0 Å². The van der Waals surface area contributed by atoms with Crippen LogP contribution in [0.4, 0.5) is 5.13 Å². The highest BCUT2D eigenvalue weighted by Crippen LogP contribution is 2.28. The minimum atomic E-state index is 0.114. The molecule has 0 atom stereocenters. The molecule has 5 heteroatoms. The summed E-state index contributed by atoms with van der Waals surface area (Å²) in [6.07, 6.45) is 0.897. The van der Waals surface area contributed by atoms with Gasteiger partial charge in [-0.05, 0) is 27.2 Å². The van der Waals surface area contributed by atoms with Gasteiger partial charge in [0.25, 0.3) is 0 Å². The van der Waals surface area contributed by atoms with Crippen molar-refractivity contribution in [2.45, 2.75) is 46.3 Å². The Morgan fingerprint density at radius 2 is 1.84 bits per heavy atom. The lowest BCUT2D eigenvalue weighted by atomic mass is 10.1. The predicted molar refractivity (Wildman–Crippen MR) is 81.0 cm³/mol. The number of aryl methyl sites for hydroxylation is 1. The lowest BCUT2D eigenvalue weighted by Crippen LogP contribution is -2.53. The first-order valence-corrected chi connectivity index (χ1v) is 7.86. The number of anilines is 1. The van der Waals surface area contributed by atoms with Gasteiger partial charge in [-0.15, -0.1) is 0 Å². The SMILES string of the molecule is CCc1nc(N2CCN(C(C)(C)C)CC2)sc1CO. The van der Waals surface area contributed by atoms with Crippen LogP contribution in [0.2, 0.25) is 0 Å². The van der Waals surface area contributed by atoms with Crippen LogP contribution in [0.3, 0.4) is 0 Å². The molecule has 0 spiro atoms. The maximum absolute atomic E-state index is 9.35. The van der Waals surface area contributed by atoms with Crippen molar-refractivity contribution in [3.63, 3.8) is 0 Å². The van der Waals surface area contributed by atoms with Crippen LogP contribution in [0.15, 0.2) is 0 Å². The fourth-order valence-electron chi connectivity index (χ4n) is 2.47. The van der Waals surface area contributed by atoms with E-state index in [1.54, 1.807) is 11.3 Å². The number of hydrogen-bond donors (Lipinski definition) is 1. The quantitative estimate of drug-likeness (QED) is 0.922. The Kier molecular flexibility index (Phi) is 4.48. The highest BCUT2D eigenvalue weighted by atomic mass is 32.1. The Balaban J connectivity index is 2.03. The van der Waals surface area contributed by atoms with Gasteiger partial charge in [-0.25, -0.2) is 4.98 Å². The highest BCUT2D eigenvalue weighted by molar-refractivity contribution is 7.15. The summed E-state index contributed by atoms with van der Waals surface area (Å²) in [7, 11) is 0. The molecule has 0 aliphatic carbocycles. The molecular weight excluding hydrogens is 258 g/mol. The minimum absolute atomic E-state index is 0.114. The zero-order valence-electron chi connectivity index (χ0n) is 12.4. The molecule has 19 heavy (non-hydrogen) atoms. The summed E-state index contributed by atoms with van der Waals surface area (Å²) in [6.45, 7) is 13.2. The molecule has 1 aliphatic heterocycles. The molecule has 2 heterocycles. The fourth-order valence-corrected chi connectivity index (χ4v) is 3.53. The number of aliphatic hydroxyl groups is 1. The smallest absolute Gasteiger partial charge is 0.185 e. The van der Waals surface area contributed by atoms with E-state index >= 15 is 0 Å². The van der Waals surface area contributed by atoms with E-state index in [-0.39, 0.29) is 12.1 Å². The molecule has 1 N–H and O–H groups in total. The second-order valence-electron chi connectivity index (χ2n) is 6.02. The van der Waals surface area contributed by atoms with E-state index in [1.165, 1.54) is 0 Å². The average Bonchev–Trinajstić information content (AvgIpc) is 2.81. The molecule has 108 valence electrons. The van der Waals surface area contributed by atoms with Gasteiger partial charge in [-0.2, -0.15) is 0 Å². The van der Waals surface area contributed by atoms with Gasteiger partial charge in [0.1, 0.15) is 0 Å². The number of piperazine rings is 1. The first kappa shape index (κ1) is 14.8. The molecule has 1 aromatic heterocycles. The Morgan fingerprint density at radius 3 is 2.26 bits per heavy atom. The third-order valence-corrected chi connectivity index (χ3v) is 4.89. The van der Waals surface area contributed by atoms with E-state index < -0.39 is 0 Å². The molecule has 0 saturated carbocycles. The Hall–Kier alpha value is -0.650. The van der Waals surface area contributed by atoms with Gasteiger partial charge in [0.05, 0.1) is 17.2 Å². The molecule has 2 rings (SSSR count). The zero-order chi connectivity index (χ0) is 14.0. The number of thiazole rings is 1. The molecular formula is C14H25N3OS. The van der Waals surface area contributed by atoms with Crippen LogP contribution < -0.4 is 4.90 Å². The van der Waals surface area contributed by atoms with Crippen LogP contribution in [0.5, 0.6) is 0 Å². The Morgan fingerprint density at radius 1 is 1.21 bits per heavy atom. The third kappa shape index (κ3) is 3.27. The van der Waals surface area contributed by atoms with Gasteiger partial charge in [0, 0.05) is 31.7 Å². The second-order valence-corrected chi connectivity index (χ2v) is 7.08. The summed E-state index contributed by atoms with van der Waals surface area (Å²) < 4.78 is 0. The number of hydrogen-bond acceptors (Lipinski definition) is 5. The first-order chi connectivity index (χ1) is 8.95. The predicted octanol–water partition coefficient (Wildman–Crippen LogP) is 2.12. The van der Waals surface area contributed by atoms with Gasteiger partial charge in [0.15, 0.2) is 5.13 Å². The van der Waals surface area contributed by atoms with Crippen molar-refractivity contribution in [2.24, 2.45) is 0 Å². The maximum atomic E-state index is 9.35. The van der Waals surface area contributed by atoms with E-state index in [1.807, 2.05) is 0 Å². The fraction of sp³-hybridized carbons (Fsp3) is 0.786. The van der Waals surface area contributed by atoms with E-state index in [0.29, 0.717) is 0 Å². The van der Waals surface area contributed by atoms with E-state index in [2.05, 4.69) is 42.5 Å². The Bertz CT molecular complexity index is 395. The molecule has 1 aromatic rings. The molecule has 4 nitrogen and oxygen atoms in total. The Labute approximate surface area is 120 Å². The topological polar surface area (TPSA) is 39.6 Å². The zero-order valence-corrected chi connectivity index (χ0v) is 13.3. The summed E-state index contributed by atoms with van der Waals surface area (Å²) >= 11 is 1.65. The number of aromatic nitrogens is 1. The summed E-state index contributed by atoms with van der Waals surface area (Å²) in [5.74, 6) is 0. The van der Waals surface area contributed by atoms with E-state index in [4.69, 9.17) is 0 Å². The summed E-state index contributed by atoms with van der Waals surface area (Å²) in [5, 5.41) is 10.4. The minimum Gasteiger partial charge on any atom is -0.391 e. The van der Waals surface area contributed by atoms with Crippen molar-refractivity contribution in [3.8, 4) is 0 Å². The summed E-state index contributed by atoms with van der Waals surface area (Å²) in [6, 6.07) is 0. The average molecular weight is 283 g/mol. The molecule has 0 aromatic carbocycles. The van der Waals surface area contributed by atoms with Crippen molar-refractivity contribution < 1.29 is 5.11 Å². The molecule has 0 amide bonds. The van der Waals surface area contributed by atoms with E-state index in [9.17, 15) is 5.11 Å². The van der Waals surface area contributed by atoms with Gasteiger partial charge in [0.2, 0.25) is 0 Å². The molecule has 0 radical (unpaired) electrons. The molecule has 1 saturated heterocycles. The summed E-state index contributed by atoms with van der Waals surface area (Å²) in [4.78, 5) is 10.6. The molecule has 0 unspecified atom stereocenters. The van der Waals surface area contributed by atoms with Gasteiger partial charge in [-0.3, -0.25) is 4.90 Å². The second kappa shape index (κ2) is 5.77. The monoisotopic (exact) mass is 283 g/mol. The maximum Gasteiger partial charge on any atom is 0.185 e. The van der Waals surface area contributed by atoms with Crippen molar-refractivity contribution in [2.75, 3.05) is 31.1 Å². The molecule has 0 bridgehead atoms. The number of aliphatic hydroxyl groups excluding tert-OH is 1. The number of rotatable bonds is 3. The van der Waals surface area contributed by atoms with Crippen LogP contribution in [0.25, 0.3) is 0 Å². The van der Waals surface area contributed by atoms with Crippen LogP contribution in [-0.4, -0.2) is 46.7 Å². The van der Waals surface area contributed by atoms with Crippen molar-refractivity contribution in [1.29, 1.82) is 0 Å². The summed E-state index contributed by atoms with van der Waals surface area (Å²) in [5.41, 5.74) is 1.31. The largest absolute Gasteiger partial charge is 0.391 e. The van der Waals surface area contributed by atoms with Crippen molar-refractivity contribution >= 4 is 16.5 Å². The van der Waals surface area contributed by atoms with Crippen molar-refractivity contribution in [3.05, 3.63) is 10.6 Å². The van der Waals surface area contributed by atoms with Gasteiger partial charge >= 0.3 is 0 Å². The van der Waals surface area contributed by atoms with Crippen LogP contribution in [0.1, 0.15) is 38.3 Å². The standard InChI is InChI=1S/C14H25N3OS/c1-5-11-12(10-18)19-13(15-11)16-6-8-17(9-7-16)14(2,3)4/h18H,5-10H2,1-4H3. The van der Waals surface area contributed by atoms with Crippen LogP contribution >= 0.6 is 11.3 Å². The first-order valence-electron chi connectivity index (χ1n) is 7.05. The van der Waals surface area contributed by atoms with Crippen LogP contribution in [-0.2, 0) is 13.0 Å². The van der Waals surface area contributed by atoms with E-state index in [0.717, 1.165) is 48.3 Å². The lowest BCUT2D eigenvalue weighted by molar-refractivity contribution is 0.128. The van der Waals surface area contributed by atoms with Crippen molar-refractivity contribution in [1.82, 2.24) is 9.88 Å². The van der Waals surface area contributed by atoms with Crippen LogP contribution in [0, 0.1) is 0 Å².